The molecule has 0 amide bonds. The van der Waals surface area contributed by atoms with E-state index < -0.39 is 11.3 Å². The van der Waals surface area contributed by atoms with Gasteiger partial charge in [-0.15, -0.1) is 0 Å². The van der Waals surface area contributed by atoms with Gasteiger partial charge in [-0.25, -0.2) is 4.79 Å². The second kappa shape index (κ2) is 5.71. The summed E-state index contributed by atoms with van der Waals surface area (Å²) >= 11 is 5.89. The highest BCUT2D eigenvalue weighted by Crippen LogP contribution is 2.11. The number of hydrogen-bond acceptors (Lipinski definition) is 3. The van der Waals surface area contributed by atoms with Gasteiger partial charge in [0.25, 0.3) is 5.56 Å². The molecule has 0 aliphatic carbocycles. The van der Waals surface area contributed by atoms with Gasteiger partial charge in [-0.2, -0.15) is 0 Å². The Morgan fingerprint density at radius 1 is 1.39 bits per heavy atom. The first kappa shape index (κ1) is 15.0. The van der Waals surface area contributed by atoms with Gasteiger partial charge in [0.15, 0.2) is 0 Å². The van der Waals surface area contributed by atoms with Crippen molar-refractivity contribution in [1.82, 2.24) is 9.55 Å². The summed E-state index contributed by atoms with van der Waals surface area (Å²) < 4.78 is 6.38. The monoisotopic (exact) mass is 274 g/mol. The van der Waals surface area contributed by atoms with Gasteiger partial charge in [0.2, 0.25) is 0 Å². The molecule has 0 bridgehead atoms. The second-order valence-corrected chi connectivity index (χ2v) is 5.21. The third-order valence-electron chi connectivity index (χ3n) is 2.82. The zero-order chi connectivity index (χ0) is 13.9. The van der Waals surface area contributed by atoms with E-state index in [4.69, 9.17) is 16.3 Å². The molecule has 1 heterocycles. The first-order valence-electron chi connectivity index (χ1n) is 5.89. The van der Waals surface area contributed by atoms with E-state index in [0.717, 1.165) is 11.0 Å². The maximum absolute atomic E-state index is 12.2. The van der Waals surface area contributed by atoms with Gasteiger partial charge in [0.05, 0.1) is 17.7 Å². The lowest BCUT2D eigenvalue weighted by atomic mass is 10.1. The summed E-state index contributed by atoms with van der Waals surface area (Å²) in [5, 5.41) is 0.137. The third-order valence-corrected chi connectivity index (χ3v) is 3.14. The van der Waals surface area contributed by atoms with E-state index in [9.17, 15) is 9.59 Å². The Kier molecular flexibility index (Phi) is 4.76. The van der Waals surface area contributed by atoms with Gasteiger partial charge in [-0.1, -0.05) is 24.9 Å². The van der Waals surface area contributed by atoms with Crippen LogP contribution >= 0.6 is 11.6 Å². The van der Waals surface area contributed by atoms with E-state index in [-0.39, 0.29) is 17.3 Å². The maximum atomic E-state index is 12.2. The quantitative estimate of drug-likeness (QED) is 0.829. The molecule has 0 radical (unpaired) electrons. The molecule has 0 aliphatic rings. The molecule has 0 aliphatic heterocycles. The predicted molar refractivity (Wildman–Crippen MR) is 71.4 cm³/mol. The molecule has 1 N–H and O–H groups in total. The molecule has 1 aromatic heterocycles. The molecule has 0 atom stereocenters. The fourth-order valence-electron chi connectivity index (χ4n) is 1.64. The number of ether oxygens (including phenoxy) is 1. The number of rotatable bonds is 5. The Bertz CT molecular complexity index is 531. The highest BCUT2D eigenvalue weighted by Gasteiger charge is 2.21. The van der Waals surface area contributed by atoms with Gasteiger partial charge in [0, 0.05) is 7.11 Å². The Hall–Kier alpha value is -1.07. The van der Waals surface area contributed by atoms with Crippen molar-refractivity contribution in [2.75, 3.05) is 7.11 Å². The zero-order valence-corrected chi connectivity index (χ0v) is 11.9. The number of methoxy groups -OCH3 is 1. The molecule has 18 heavy (non-hydrogen) atoms. The molecule has 1 rings (SSSR count). The first-order chi connectivity index (χ1) is 8.32. The SMILES string of the molecule is CCCc1c(Cl)[nH]c(=O)n(CC(C)(C)OC)c1=O. The van der Waals surface area contributed by atoms with Crippen LogP contribution in [0.5, 0.6) is 0 Å². The summed E-state index contributed by atoms with van der Waals surface area (Å²) in [6.45, 7) is 5.76. The smallest absolute Gasteiger partial charge is 0.329 e. The molecule has 1 aromatic rings. The van der Waals surface area contributed by atoms with Gasteiger partial charge >= 0.3 is 5.69 Å². The lowest BCUT2D eigenvalue weighted by molar-refractivity contribution is 0.00630. The number of hydrogen-bond donors (Lipinski definition) is 1. The summed E-state index contributed by atoms with van der Waals surface area (Å²) in [5.41, 5.74) is -0.981. The van der Waals surface area contributed by atoms with Gasteiger partial charge in [-0.3, -0.25) is 14.3 Å². The van der Waals surface area contributed by atoms with Crippen LogP contribution < -0.4 is 11.2 Å². The molecule has 0 saturated carbocycles. The number of halogens is 1. The van der Waals surface area contributed by atoms with Gasteiger partial charge < -0.3 is 4.74 Å². The number of aromatic amines is 1. The van der Waals surface area contributed by atoms with E-state index in [1.54, 1.807) is 7.11 Å². The van der Waals surface area contributed by atoms with Crippen LogP contribution in [0.3, 0.4) is 0 Å². The van der Waals surface area contributed by atoms with Gasteiger partial charge in [-0.05, 0) is 20.3 Å². The lowest BCUT2D eigenvalue weighted by Crippen LogP contribution is -2.43. The van der Waals surface area contributed by atoms with E-state index >= 15 is 0 Å². The van der Waals surface area contributed by atoms with Crippen molar-refractivity contribution in [1.29, 1.82) is 0 Å². The highest BCUT2D eigenvalue weighted by molar-refractivity contribution is 6.30. The summed E-state index contributed by atoms with van der Waals surface area (Å²) in [6, 6.07) is 0. The van der Waals surface area contributed by atoms with E-state index in [0.29, 0.717) is 12.0 Å². The largest absolute Gasteiger partial charge is 0.377 e. The minimum Gasteiger partial charge on any atom is -0.377 e. The number of nitrogens with one attached hydrogen (secondary N) is 1. The van der Waals surface area contributed by atoms with Crippen LogP contribution in [0, 0.1) is 0 Å². The number of aromatic nitrogens is 2. The molecule has 6 heteroatoms. The summed E-state index contributed by atoms with van der Waals surface area (Å²) in [7, 11) is 1.54. The first-order valence-corrected chi connectivity index (χ1v) is 6.27. The van der Waals surface area contributed by atoms with Crippen LogP contribution in [0.1, 0.15) is 32.8 Å². The van der Waals surface area contributed by atoms with Crippen molar-refractivity contribution in [3.8, 4) is 0 Å². The van der Waals surface area contributed by atoms with Crippen LogP contribution in [-0.4, -0.2) is 22.3 Å². The fourth-order valence-corrected chi connectivity index (χ4v) is 1.90. The Labute approximate surface area is 111 Å². The van der Waals surface area contributed by atoms with Crippen molar-refractivity contribution in [3.63, 3.8) is 0 Å². The molecular weight excluding hydrogens is 256 g/mol. The van der Waals surface area contributed by atoms with Crippen molar-refractivity contribution in [2.45, 2.75) is 45.8 Å². The molecule has 0 aromatic carbocycles. The van der Waals surface area contributed by atoms with Crippen LogP contribution in [0.15, 0.2) is 9.59 Å². The second-order valence-electron chi connectivity index (χ2n) is 4.83. The predicted octanol–water partition coefficient (Wildman–Crippen LogP) is 1.57. The molecule has 0 spiro atoms. The average Bonchev–Trinajstić information content (AvgIpc) is 2.30. The average molecular weight is 275 g/mol. The maximum Gasteiger partial charge on any atom is 0.329 e. The summed E-state index contributed by atoms with van der Waals surface area (Å²) in [5.74, 6) is 0. The highest BCUT2D eigenvalue weighted by atomic mass is 35.5. The minimum absolute atomic E-state index is 0.137. The standard InChI is InChI=1S/C12H19ClN2O3/c1-5-6-8-9(13)14-11(17)15(10(8)16)7-12(2,3)18-4/h5-7H2,1-4H3,(H,14,17). The third kappa shape index (κ3) is 3.23. The van der Waals surface area contributed by atoms with Crippen molar-refractivity contribution < 1.29 is 4.74 Å². The van der Waals surface area contributed by atoms with Crippen molar-refractivity contribution in [3.05, 3.63) is 31.6 Å². The van der Waals surface area contributed by atoms with E-state index in [2.05, 4.69) is 4.98 Å². The molecule has 5 nitrogen and oxygen atoms in total. The minimum atomic E-state index is -0.589. The number of nitrogens with zero attached hydrogens (tertiary/aromatic N) is 1. The Morgan fingerprint density at radius 2 is 2.00 bits per heavy atom. The Morgan fingerprint density at radius 3 is 2.50 bits per heavy atom. The normalized spacial score (nSPS) is 11.8. The van der Waals surface area contributed by atoms with Crippen LogP contribution in [0.25, 0.3) is 0 Å². The summed E-state index contributed by atoms with van der Waals surface area (Å²) in [6.07, 6.45) is 1.33. The molecule has 0 fully saturated rings. The van der Waals surface area contributed by atoms with Crippen LogP contribution in [-0.2, 0) is 17.7 Å². The lowest BCUT2D eigenvalue weighted by Gasteiger charge is -2.23. The molecule has 0 saturated heterocycles. The number of H-pyrrole nitrogens is 1. The van der Waals surface area contributed by atoms with Crippen LogP contribution in [0.4, 0.5) is 0 Å². The van der Waals surface area contributed by atoms with Gasteiger partial charge in [0.1, 0.15) is 5.15 Å². The molecular formula is C12H19ClN2O3. The van der Waals surface area contributed by atoms with Crippen LogP contribution in [0.2, 0.25) is 5.15 Å². The zero-order valence-electron chi connectivity index (χ0n) is 11.2. The topological polar surface area (TPSA) is 64.1 Å². The van der Waals surface area contributed by atoms with E-state index in [1.165, 1.54) is 0 Å². The van der Waals surface area contributed by atoms with Crippen molar-refractivity contribution in [2.24, 2.45) is 0 Å². The Balaban J connectivity index is 3.33. The van der Waals surface area contributed by atoms with Crippen molar-refractivity contribution >= 4 is 11.6 Å². The molecule has 0 unspecified atom stereocenters. The summed E-state index contributed by atoms with van der Waals surface area (Å²) in [4.78, 5) is 26.5. The van der Waals surface area contributed by atoms with E-state index in [1.807, 2.05) is 20.8 Å². The molecule has 102 valence electrons. The fraction of sp³-hybridized carbons (Fsp3) is 0.667.